The highest BCUT2D eigenvalue weighted by molar-refractivity contribution is 7.99. The second kappa shape index (κ2) is 15.7. The third-order valence-electron chi connectivity index (χ3n) is 5.23. The Morgan fingerprint density at radius 2 is 1.74 bits per heavy atom. The second-order valence-corrected chi connectivity index (χ2v) is 9.18. The Morgan fingerprint density at radius 3 is 2.32 bits per heavy atom. The van der Waals surface area contributed by atoms with Gasteiger partial charge in [-0.25, -0.2) is 4.79 Å². The number of imide groups is 1. The van der Waals surface area contributed by atoms with Crippen LogP contribution in [0.25, 0.3) is 0 Å². The van der Waals surface area contributed by atoms with E-state index in [4.69, 9.17) is 5.73 Å². The van der Waals surface area contributed by atoms with Crippen LogP contribution in [0.15, 0.2) is 39.9 Å². The summed E-state index contributed by atoms with van der Waals surface area (Å²) < 4.78 is 0. The Balaban J connectivity index is 2.37. The van der Waals surface area contributed by atoms with Crippen LogP contribution in [0.1, 0.15) is 72.6 Å². The summed E-state index contributed by atoms with van der Waals surface area (Å²) in [6.07, 6.45) is 14.2. The number of hydrogen-bond donors (Lipinski definition) is 3. The van der Waals surface area contributed by atoms with Gasteiger partial charge in [-0.15, -0.1) is 0 Å². The van der Waals surface area contributed by atoms with Crippen molar-refractivity contribution in [3.05, 3.63) is 34.9 Å². The Labute approximate surface area is 192 Å². The van der Waals surface area contributed by atoms with Gasteiger partial charge in [0.15, 0.2) is 0 Å². The zero-order chi connectivity index (χ0) is 23.1. The molecule has 1 heterocycles. The van der Waals surface area contributed by atoms with Crippen molar-refractivity contribution in [3.8, 4) is 0 Å². The number of hydrogen-bond acceptors (Lipinski definition) is 5. The minimum atomic E-state index is -0.828. The van der Waals surface area contributed by atoms with E-state index in [0.29, 0.717) is 5.75 Å². The monoisotopic (exact) mass is 448 g/mol. The number of carbonyl (C=O) groups is 2. The van der Waals surface area contributed by atoms with Gasteiger partial charge >= 0.3 is 6.03 Å². The Hall–Kier alpha value is -2.02. The van der Waals surface area contributed by atoms with Gasteiger partial charge in [0.25, 0.3) is 5.91 Å². The van der Waals surface area contributed by atoms with Crippen molar-refractivity contribution in [1.29, 1.82) is 0 Å². The number of carbonyl (C=O) groups excluding carboxylic acids is 2. The van der Waals surface area contributed by atoms with Gasteiger partial charge in [-0.3, -0.25) is 15.1 Å². The predicted molar refractivity (Wildman–Crippen MR) is 134 cm³/mol. The van der Waals surface area contributed by atoms with Gasteiger partial charge in [-0.1, -0.05) is 41.9 Å². The van der Waals surface area contributed by atoms with E-state index in [2.05, 4.69) is 61.5 Å². The van der Waals surface area contributed by atoms with E-state index in [0.717, 1.165) is 63.1 Å². The Kier molecular flexibility index (Phi) is 13.7. The average molecular weight is 449 g/mol. The molecule has 0 aromatic heterocycles. The molecule has 0 aliphatic carbocycles. The second-order valence-electron chi connectivity index (χ2n) is 8.10. The molecule has 7 heteroatoms. The van der Waals surface area contributed by atoms with Crippen molar-refractivity contribution in [1.82, 2.24) is 10.6 Å². The van der Waals surface area contributed by atoms with Gasteiger partial charge in [-0.05, 0) is 59.3 Å². The maximum absolute atomic E-state index is 12.2. The van der Waals surface area contributed by atoms with Crippen LogP contribution >= 0.6 is 11.8 Å². The van der Waals surface area contributed by atoms with Crippen LogP contribution in [0, 0.1) is 0 Å². The van der Waals surface area contributed by atoms with E-state index in [1.807, 2.05) is 0 Å². The Morgan fingerprint density at radius 1 is 1.10 bits per heavy atom. The van der Waals surface area contributed by atoms with Crippen LogP contribution in [0.2, 0.25) is 0 Å². The first-order valence-electron chi connectivity index (χ1n) is 11.3. The van der Waals surface area contributed by atoms with Gasteiger partial charge in [0, 0.05) is 24.5 Å². The standard InChI is InChI=1S/C24H40N4O2S/c1-5-18(2)9-6-10-19(3)11-7-12-20(4)14-16-31-17-21(23(29)28-24(25)30)27-22-13-8-15-26-22/h9,11,14,21H,5-8,10,12-13,15-17H2,1-4H3,(H,26,27)(H3,25,28,29,30)/b18-9+,19-11+,20-14+. The number of rotatable bonds is 13. The van der Waals surface area contributed by atoms with Crippen LogP contribution in [-0.2, 0) is 4.79 Å². The lowest BCUT2D eigenvalue weighted by atomic mass is 10.1. The molecule has 0 saturated carbocycles. The van der Waals surface area contributed by atoms with E-state index < -0.39 is 18.0 Å². The first-order valence-corrected chi connectivity index (χ1v) is 12.4. The molecular formula is C24H40N4O2S. The lowest BCUT2D eigenvalue weighted by Gasteiger charge is -2.18. The summed E-state index contributed by atoms with van der Waals surface area (Å²) in [5.74, 6) is 1.80. The van der Waals surface area contributed by atoms with Crippen molar-refractivity contribution in [2.24, 2.45) is 10.7 Å². The van der Waals surface area contributed by atoms with Crippen molar-refractivity contribution in [2.45, 2.75) is 78.7 Å². The highest BCUT2D eigenvalue weighted by Gasteiger charge is 2.21. The number of aliphatic imine (C=N–C) groups is 1. The average Bonchev–Trinajstić information content (AvgIpc) is 3.22. The minimum absolute atomic E-state index is 0.403. The molecule has 1 atom stereocenters. The summed E-state index contributed by atoms with van der Waals surface area (Å²) in [5.41, 5.74) is 9.36. The predicted octanol–water partition coefficient (Wildman–Crippen LogP) is 4.87. The molecular weight excluding hydrogens is 408 g/mol. The molecule has 0 saturated heterocycles. The lowest BCUT2D eigenvalue weighted by Crippen LogP contribution is -2.50. The third kappa shape index (κ3) is 13.1. The van der Waals surface area contributed by atoms with Crippen LogP contribution in [-0.4, -0.2) is 41.9 Å². The minimum Gasteiger partial charge on any atom is -0.362 e. The largest absolute Gasteiger partial charge is 0.362 e. The van der Waals surface area contributed by atoms with Crippen molar-refractivity contribution >= 4 is 29.5 Å². The molecule has 31 heavy (non-hydrogen) atoms. The quantitative estimate of drug-likeness (QED) is 0.276. The van der Waals surface area contributed by atoms with Gasteiger partial charge in [0.05, 0.1) is 5.84 Å². The summed E-state index contributed by atoms with van der Waals surface area (Å²) in [6.45, 7) is 9.53. The van der Waals surface area contributed by atoms with E-state index in [9.17, 15) is 9.59 Å². The van der Waals surface area contributed by atoms with E-state index >= 15 is 0 Å². The molecule has 1 aliphatic heterocycles. The maximum atomic E-state index is 12.2. The maximum Gasteiger partial charge on any atom is 0.318 e. The molecule has 0 bridgehead atoms. The highest BCUT2D eigenvalue weighted by Crippen LogP contribution is 2.14. The zero-order valence-corrected chi connectivity index (χ0v) is 20.4. The fourth-order valence-corrected chi connectivity index (χ4v) is 4.09. The first kappa shape index (κ1) is 27.0. The number of urea groups is 1. The summed E-state index contributed by atoms with van der Waals surface area (Å²) in [7, 11) is 0. The normalized spacial score (nSPS) is 16.1. The van der Waals surface area contributed by atoms with E-state index in [1.165, 1.54) is 16.7 Å². The van der Waals surface area contributed by atoms with Crippen molar-refractivity contribution in [2.75, 3.05) is 18.1 Å². The molecule has 1 rings (SSSR count). The molecule has 6 nitrogen and oxygen atoms in total. The molecule has 0 radical (unpaired) electrons. The smallest absolute Gasteiger partial charge is 0.318 e. The van der Waals surface area contributed by atoms with Crippen LogP contribution in [0.3, 0.4) is 0 Å². The number of primary amides is 1. The van der Waals surface area contributed by atoms with Gasteiger partial charge < -0.3 is 11.1 Å². The molecule has 174 valence electrons. The molecule has 0 aromatic rings. The van der Waals surface area contributed by atoms with Crippen LogP contribution in [0.5, 0.6) is 0 Å². The number of amides is 3. The number of amidine groups is 1. The summed E-state index contributed by atoms with van der Waals surface area (Å²) in [5, 5.41) is 5.33. The Bertz CT molecular complexity index is 710. The van der Waals surface area contributed by atoms with E-state index in [1.54, 1.807) is 11.8 Å². The van der Waals surface area contributed by atoms with Gasteiger partial charge in [0.2, 0.25) is 0 Å². The fraction of sp³-hybridized carbons (Fsp3) is 0.625. The highest BCUT2D eigenvalue weighted by atomic mass is 32.2. The molecule has 0 aromatic carbocycles. The summed E-state index contributed by atoms with van der Waals surface area (Å²) in [4.78, 5) is 27.6. The lowest BCUT2D eigenvalue weighted by molar-refractivity contribution is -0.121. The molecule has 1 unspecified atom stereocenters. The van der Waals surface area contributed by atoms with Crippen LogP contribution in [0.4, 0.5) is 4.79 Å². The SMILES string of the molecule is CC/C(C)=C/CC/C(C)=C/CC/C(C)=C/CSCC(NC1=NCCC1)C(=O)NC(N)=O. The van der Waals surface area contributed by atoms with Crippen LogP contribution < -0.4 is 16.4 Å². The van der Waals surface area contributed by atoms with E-state index in [-0.39, 0.29) is 0 Å². The third-order valence-corrected chi connectivity index (χ3v) is 6.20. The molecule has 3 amide bonds. The number of nitrogens with two attached hydrogens (primary N) is 1. The number of nitrogens with zero attached hydrogens (tertiary/aromatic N) is 1. The fourth-order valence-electron chi connectivity index (χ4n) is 3.08. The summed E-state index contributed by atoms with van der Waals surface area (Å²) in [6, 6.07) is -1.34. The topological polar surface area (TPSA) is 96.6 Å². The molecule has 0 fully saturated rings. The summed E-state index contributed by atoms with van der Waals surface area (Å²) >= 11 is 1.66. The molecule has 1 aliphatic rings. The number of allylic oxidation sites excluding steroid dienone is 5. The van der Waals surface area contributed by atoms with Gasteiger partial charge in [0.1, 0.15) is 6.04 Å². The van der Waals surface area contributed by atoms with Gasteiger partial charge in [-0.2, -0.15) is 11.8 Å². The molecule has 4 N–H and O–H groups in total. The zero-order valence-electron chi connectivity index (χ0n) is 19.6. The van der Waals surface area contributed by atoms with Crippen molar-refractivity contribution in [3.63, 3.8) is 0 Å². The number of nitrogens with one attached hydrogen (secondary N) is 2. The first-order chi connectivity index (χ1) is 14.8. The van der Waals surface area contributed by atoms with Crippen molar-refractivity contribution < 1.29 is 9.59 Å². The number of thioether (sulfide) groups is 1. The molecule has 0 spiro atoms.